The largest absolute Gasteiger partial charge is 0.461 e. The van der Waals surface area contributed by atoms with Crippen LogP contribution in [0.4, 0.5) is 0 Å². The molecule has 0 saturated carbocycles. The van der Waals surface area contributed by atoms with Crippen molar-refractivity contribution >= 4 is 11.9 Å². The van der Waals surface area contributed by atoms with Gasteiger partial charge in [-0.15, -0.1) is 0 Å². The Morgan fingerprint density at radius 3 is 1.31 bits per heavy atom. The molecule has 0 heterocycles. The monoisotopic (exact) mass is 936 g/mol. The summed E-state index contributed by atoms with van der Waals surface area (Å²) in [5, 5.41) is 23.8. The fourth-order valence-corrected chi connectivity index (χ4v) is 8.40. The number of rotatable bonds is 51. The molecule has 67 heavy (non-hydrogen) atoms. The molecule has 1 amide bonds. The highest BCUT2D eigenvalue weighted by Gasteiger charge is 2.23. The van der Waals surface area contributed by atoms with E-state index in [0.29, 0.717) is 19.3 Å². The summed E-state index contributed by atoms with van der Waals surface area (Å²) in [6, 6.07) is -0.740. The molecule has 0 aliphatic rings. The zero-order valence-corrected chi connectivity index (χ0v) is 44.3. The van der Waals surface area contributed by atoms with Crippen LogP contribution in [0.5, 0.6) is 0 Å². The van der Waals surface area contributed by atoms with E-state index in [1.165, 1.54) is 161 Å². The van der Waals surface area contributed by atoms with Gasteiger partial charge in [0.2, 0.25) is 5.91 Å². The fourth-order valence-electron chi connectivity index (χ4n) is 8.40. The standard InChI is InChI=1S/C61H109NO5/c1-4-7-10-13-16-19-22-25-28-30-32-35-38-41-44-47-50-53-59(64)58(56-63)62-60(65)55-57(52-49-46-43-40-37-34-31-27-24-21-18-15-12-9-6-3)67-61(66)54-51-48-45-42-39-36-33-29-26-23-20-17-14-11-8-5-2/h18,21,27,29,31,33,36-37,39-40,46,49,57-59,63-64H,4-17,19-20,22-26,28,30,32,34-35,38,41-45,47-48,50-56H2,1-3H3,(H,62,65)/b21-18-,31-27-,33-29+,39-36+,40-37-,49-46-. The summed E-state index contributed by atoms with van der Waals surface area (Å²) in [4.78, 5) is 26.2. The number of hydrogen-bond acceptors (Lipinski definition) is 5. The molecule has 0 aromatic carbocycles. The number of aliphatic hydroxyl groups excluding tert-OH is 2. The molecule has 0 radical (unpaired) electrons. The molecular formula is C61H109NO5. The summed E-state index contributed by atoms with van der Waals surface area (Å²) in [7, 11) is 0. The molecule has 0 fully saturated rings. The number of amides is 1. The molecule has 3 N–H and O–H groups in total. The van der Waals surface area contributed by atoms with E-state index in [2.05, 4.69) is 92.9 Å². The minimum Gasteiger partial charge on any atom is -0.461 e. The predicted octanol–water partition coefficient (Wildman–Crippen LogP) is 17.7. The molecular weight excluding hydrogens is 827 g/mol. The smallest absolute Gasteiger partial charge is 0.306 e. The van der Waals surface area contributed by atoms with Crippen LogP contribution >= 0.6 is 0 Å². The minimum absolute atomic E-state index is 0.0105. The number of carbonyl (C=O) groups is 2. The van der Waals surface area contributed by atoms with Gasteiger partial charge in [-0.05, 0) is 70.6 Å². The third kappa shape index (κ3) is 49.5. The summed E-state index contributed by atoms with van der Waals surface area (Å²) >= 11 is 0. The maximum absolute atomic E-state index is 13.2. The quantitative estimate of drug-likeness (QED) is 0.0244. The Balaban J connectivity index is 4.68. The number of allylic oxidation sites excluding steroid dienone is 11. The van der Waals surface area contributed by atoms with Crippen molar-refractivity contribution < 1.29 is 24.5 Å². The normalized spacial score (nSPS) is 13.7. The van der Waals surface area contributed by atoms with E-state index >= 15 is 0 Å². The van der Waals surface area contributed by atoms with Gasteiger partial charge in [-0.1, -0.05) is 261 Å². The van der Waals surface area contributed by atoms with E-state index in [9.17, 15) is 19.8 Å². The Morgan fingerprint density at radius 2 is 0.836 bits per heavy atom. The first kappa shape index (κ1) is 64.3. The zero-order chi connectivity index (χ0) is 48.8. The van der Waals surface area contributed by atoms with Crippen molar-refractivity contribution in [3.63, 3.8) is 0 Å². The van der Waals surface area contributed by atoms with Gasteiger partial charge in [0.05, 0.1) is 25.2 Å². The van der Waals surface area contributed by atoms with Crippen molar-refractivity contribution in [3.05, 3.63) is 72.9 Å². The van der Waals surface area contributed by atoms with Gasteiger partial charge in [0, 0.05) is 12.8 Å². The lowest BCUT2D eigenvalue weighted by Gasteiger charge is -2.24. The highest BCUT2D eigenvalue weighted by molar-refractivity contribution is 5.77. The van der Waals surface area contributed by atoms with Crippen molar-refractivity contribution in [3.8, 4) is 0 Å². The summed E-state index contributed by atoms with van der Waals surface area (Å²) < 4.78 is 5.88. The van der Waals surface area contributed by atoms with Gasteiger partial charge >= 0.3 is 5.97 Å². The molecule has 0 rings (SSSR count). The molecule has 6 nitrogen and oxygen atoms in total. The molecule has 0 saturated heterocycles. The Labute approximate surface area is 415 Å². The first-order chi connectivity index (χ1) is 33.0. The second-order valence-corrected chi connectivity index (χ2v) is 19.4. The summed E-state index contributed by atoms with van der Waals surface area (Å²) in [5.74, 6) is -0.604. The van der Waals surface area contributed by atoms with Crippen LogP contribution in [-0.4, -0.2) is 46.9 Å². The SMILES string of the molecule is CCCCC/C=C\C/C=C\C/C=C\C/C=C\CC(CC(=O)NC(CO)C(O)CCCCCCCCCCCCCCCCCCC)OC(=O)CCCCC/C=C/C=C/CCCCCCCCC. The Morgan fingerprint density at radius 1 is 0.463 bits per heavy atom. The number of unbranched alkanes of at least 4 members (excludes halogenated alkanes) is 29. The minimum atomic E-state index is -0.819. The van der Waals surface area contributed by atoms with Gasteiger partial charge in [-0.3, -0.25) is 9.59 Å². The predicted molar refractivity (Wildman–Crippen MR) is 291 cm³/mol. The molecule has 6 heteroatoms. The Hall–Kier alpha value is -2.70. The number of ether oxygens (including phenoxy) is 1. The number of carbonyl (C=O) groups excluding carboxylic acids is 2. The van der Waals surface area contributed by atoms with Crippen LogP contribution in [0.2, 0.25) is 0 Å². The summed E-state index contributed by atoms with van der Waals surface area (Å²) in [6.45, 7) is 6.44. The van der Waals surface area contributed by atoms with Crippen LogP contribution in [0, 0.1) is 0 Å². The second-order valence-electron chi connectivity index (χ2n) is 19.4. The highest BCUT2D eigenvalue weighted by Crippen LogP contribution is 2.17. The summed E-state index contributed by atoms with van der Waals surface area (Å²) in [5.41, 5.74) is 0. The van der Waals surface area contributed by atoms with Gasteiger partial charge < -0.3 is 20.3 Å². The molecule has 0 aromatic rings. The first-order valence-electron chi connectivity index (χ1n) is 28.7. The third-order valence-electron chi connectivity index (χ3n) is 12.8. The molecule has 0 spiro atoms. The van der Waals surface area contributed by atoms with E-state index < -0.39 is 18.2 Å². The number of aliphatic hydroxyl groups is 2. The van der Waals surface area contributed by atoms with Crippen LogP contribution in [0.1, 0.15) is 278 Å². The van der Waals surface area contributed by atoms with Crippen molar-refractivity contribution in [2.24, 2.45) is 0 Å². The van der Waals surface area contributed by atoms with E-state index in [-0.39, 0.29) is 24.9 Å². The van der Waals surface area contributed by atoms with Crippen LogP contribution in [-0.2, 0) is 14.3 Å². The summed E-state index contributed by atoms with van der Waals surface area (Å²) in [6.07, 6.45) is 69.8. The maximum Gasteiger partial charge on any atom is 0.306 e. The topological polar surface area (TPSA) is 95.9 Å². The van der Waals surface area contributed by atoms with Crippen molar-refractivity contribution in [2.45, 2.75) is 296 Å². The highest BCUT2D eigenvalue weighted by atomic mass is 16.5. The van der Waals surface area contributed by atoms with E-state index in [4.69, 9.17) is 4.74 Å². The van der Waals surface area contributed by atoms with Crippen LogP contribution in [0.25, 0.3) is 0 Å². The van der Waals surface area contributed by atoms with Gasteiger partial charge in [-0.2, -0.15) is 0 Å². The number of esters is 1. The molecule has 3 atom stereocenters. The van der Waals surface area contributed by atoms with E-state index in [1.54, 1.807) is 0 Å². The second kappa shape index (κ2) is 54.2. The van der Waals surface area contributed by atoms with E-state index in [1.807, 2.05) is 6.08 Å². The van der Waals surface area contributed by atoms with Crippen molar-refractivity contribution in [1.82, 2.24) is 5.32 Å². The van der Waals surface area contributed by atoms with Gasteiger partial charge in [-0.25, -0.2) is 0 Å². The third-order valence-corrected chi connectivity index (χ3v) is 12.8. The average Bonchev–Trinajstić information content (AvgIpc) is 3.32. The van der Waals surface area contributed by atoms with Crippen molar-refractivity contribution in [2.75, 3.05) is 6.61 Å². The molecule has 0 bridgehead atoms. The number of nitrogens with one attached hydrogen (secondary N) is 1. The Kier molecular flexibility index (Phi) is 52.1. The molecule has 3 unspecified atom stereocenters. The fraction of sp³-hybridized carbons (Fsp3) is 0.770. The Bertz CT molecular complexity index is 1230. The molecule has 0 aromatic heterocycles. The molecule has 388 valence electrons. The van der Waals surface area contributed by atoms with Gasteiger partial charge in [0.15, 0.2) is 0 Å². The lowest BCUT2D eigenvalue weighted by molar-refractivity contribution is -0.150. The molecule has 0 aliphatic heterocycles. The van der Waals surface area contributed by atoms with Gasteiger partial charge in [0.1, 0.15) is 6.10 Å². The van der Waals surface area contributed by atoms with Crippen molar-refractivity contribution in [1.29, 1.82) is 0 Å². The van der Waals surface area contributed by atoms with E-state index in [0.717, 1.165) is 70.6 Å². The lowest BCUT2D eigenvalue weighted by atomic mass is 10.0. The van der Waals surface area contributed by atoms with Crippen LogP contribution in [0.3, 0.4) is 0 Å². The maximum atomic E-state index is 13.2. The number of hydrogen-bond donors (Lipinski definition) is 3. The first-order valence-corrected chi connectivity index (χ1v) is 28.7. The van der Waals surface area contributed by atoms with Crippen LogP contribution < -0.4 is 5.32 Å². The lowest BCUT2D eigenvalue weighted by Crippen LogP contribution is -2.46. The van der Waals surface area contributed by atoms with Gasteiger partial charge in [0.25, 0.3) is 0 Å². The van der Waals surface area contributed by atoms with Crippen LogP contribution in [0.15, 0.2) is 72.9 Å². The average molecular weight is 937 g/mol. The molecule has 0 aliphatic carbocycles. The zero-order valence-electron chi connectivity index (χ0n) is 44.3.